The number of ether oxygens (including phenoxy) is 1. The fourth-order valence-corrected chi connectivity index (χ4v) is 3.10. The minimum atomic E-state index is -0.423. The lowest BCUT2D eigenvalue weighted by molar-refractivity contribution is 0.0595. The quantitative estimate of drug-likeness (QED) is 0.885. The van der Waals surface area contributed by atoms with Crippen molar-refractivity contribution in [3.63, 3.8) is 0 Å². The minimum absolute atomic E-state index is 0.208. The average molecular weight is 300 g/mol. The van der Waals surface area contributed by atoms with E-state index in [1.54, 1.807) is 6.33 Å². The number of imidazole rings is 1. The molecule has 1 fully saturated rings. The van der Waals surface area contributed by atoms with Gasteiger partial charge in [-0.2, -0.15) is 0 Å². The van der Waals surface area contributed by atoms with Gasteiger partial charge in [0.15, 0.2) is 5.69 Å². The second-order valence-corrected chi connectivity index (χ2v) is 5.67. The van der Waals surface area contributed by atoms with Gasteiger partial charge in [-0.25, -0.2) is 9.78 Å². The highest BCUT2D eigenvalue weighted by atomic mass is 16.5. The molecule has 1 aromatic heterocycles. The third kappa shape index (κ3) is 2.76. The second kappa shape index (κ2) is 6.32. The van der Waals surface area contributed by atoms with Crippen molar-refractivity contribution in [2.75, 3.05) is 7.11 Å². The lowest BCUT2D eigenvalue weighted by Gasteiger charge is -2.28. The zero-order chi connectivity index (χ0) is 15.5. The molecule has 0 saturated heterocycles. The zero-order valence-electron chi connectivity index (χ0n) is 12.6. The standard InChI is InChI=1S/C17H20N2O3/c1-22-17(21)15-16(12-5-3-2-4-6-12)19(11-18-15)13-7-9-14(20)10-8-13/h2-6,11,13-14,20H,7-10H2,1H3. The number of aliphatic hydroxyl groups excluding tert-OH is 1. The van der Waals surface area contributed by atoms with Crippen LogP contribution >= 0.6 is 0 Å². The number of esters is 1. The van der Waals surface area contributed by atoms with E-state index in [1.807, 2.05) is 30.3 Å². The van der Waals surface area contributed by atoms with E-state index >= 15 is 0 Å². The molecule has 0 aliphatic heterocycles. The Morgan fingerprint density at radius 1 is 1.23 bits per heavy atom. The van der Waals surface area contributed by atoms with E-state index in [-0.39, 0.29) is 12.1 Å². The molecule has 1 aliphatic carbocycles. The van der Waals surface area contributed by atoms with Gasteiger partial charge in [0.2, 0.25) is 0 Å². The van der Waals surface area contributed by atoms with Crippen LogP contribution in [-0.4, -0.2) is 33.8 Å². The fraction of sp³-hybridized carbons (Fsp3) is 0.412. The van der Waals surface area contributed by atoms with Crippen molar-refractivity contribution in [2.45, 2.75) is 37.8 Å². The van der Waals surface area contributed by atoms with Crippen LogP contribution in [0.3, 0.4) is 0 Å². The lowest BCUT2D eigenvalue weighted by Crippen LogP contribution is -2.21. The summed E-state index contributed by atoms with van der Waals surface area (Å²) in [6.45, 7) is 0. The average Bonchev–Trinajstić information content (AvgIpc) is 3.00. The molecule has 0 spiro atoms. The molecule has 2 aromatic rings. The van der Waals surface area contributed by atoms with Gasteiger partial charge in [-0.15, -0.1) is 0 Å². The van der Waals surface area contributed by atoms with Gasteiger partial charge in [0.05, 0.1) is 25.2 Å². The van der Waals surface area contributed by atoms with Gasteiger partial charge in [-0.1, -0.05) is 30.3 Å². The van der Waals surface area contributed by atoms with Gasteiger partial charge in [0.25, 0.3) is 0 Å². The van der Waals surface area contributed by atoms with Crippen molar-refractivity contribution >= 4 is 5.97 Å². The Labute approximate surface area is 129 Å². The molecule has 1 heterocycles. The smallest absolute Gasteiger partial charge is 0.358 e. The largest absolute Gasteiger partial charge is 0.464 e. The maximum atomic E-state index is 12.0. The molecule has 1 aromatic carbocycles. The summed E-state index contributed by atoms with van der Waals surface area (Å²) in [5, 5.41) is 9.69. The van der Waals surface area contributed by atoms with Gasteiger partial charge in [0.1, 0.15) is 0 Å². The Hall–Kier alpha value is -2.14. The number of aliphatic hydroxyl groups is 1. The summed E-state index contributed by atoms with van der Waals surface area (Å²) in [4.78, 5) is 16.3. The first-order chi connectivity index (χ1) is 10.7. The topological polar surface area (TPSA) is 64.3 Å². The molecule has 0 radical (unpaired) electrons. The van der Waals surface area contributed by atoms with Crippen molar-refractivity contribution in [2.24, 2.45) is 0 Å². The predicted octanol–water partition coefficient (Wildman–Crippen LogP) is 2.81. The first-order valence-corrected chi connectivity index (χ1v) is 7.59. The summed E-state index contributed by atoms with van der Waals surface area (Å²) in [5.74, 6) is -0.423. The molecule has 1 aliphatic rings. The SMILES string of the molecule is COC(=O)c1ncn(C2CCC(O)CC2)c1-c1ccccc1. The van der Waals surface area contributed by atoms with E-state index < -0.39 is 5.97 Å². The second-order valence-electron chi connectivity index (χ2n) is 5.67. The molecular formula is C17H20N2O3. The van der Waals surface area contributed by atoms with Crippen LogP contribution in [0, 0.1) is 0 Å². The van der Waals surface area contributed by atoms with E-state index in [2.05, 4.69) is 9.55 Å². The molecule has 1 saturated carbocycles. The van der Waals surface area contributed by atoms with Crippen LogP contribution in [0.4, 0.5) is 0 Å². The highest BCUT2D eigenvalue weighted by Gasteiger charge is 2.27. The molecule has 0 amide bonds. The Morgan fingerprint density at radius 3 is 2.55 bits per heavy atom. The zero-order valence-corrected chi connectivity index (χ0v) is 12.6. The van der Waals surface area contributed by atoms with E-state index in [0.29, 0.717) is 5.69 Å². The summed E-state index contributed by atoms with van der Waals surface area (Å²) in [5.41, 5.74) is 2.10. The van der Waals surface area contributed by atoms with Crippen molar-refractivity contribution in [1.82, 2.24) is 9.55 Å². The number of benzene rings is 1. The number of carbonyl (C=O) groups excluding carboxylic acids is 1. The van der Waals surface area contributed by atoms with Crippen LogP contribution < -0.4 is 0 Å². The highest BCUT2D eigenvalue weighted by molar-refractivity contribution is 5.94. The number of nitrogens with zero attached hydrogens (tertiary/aromatic N) is 2. The molecule has 0 bridgehead atoms. The molecule has 3 rings (SSSR count). The summed E-state index contributed by atoms with van der Waals surface area (Å²) < 4.78 is 6.92. The van der Waals surface area contributed by atoms with E-state index in [1.165, 1.54) is 7.11 Å². The molecule has 0 atom stereocenters. The number of aromatic nitrogens is 2. The van der Waals surface area contributed by atoms with Crippen molar-refractivity contribution in [3.8, 4) is 11.3 Å². The first kappa shape index (κ1) is 14.8. The van der Waals surface area contributed by atoms with Crippen LogP contribution in [0.5, 0.6) is 0 Å². The summed E-state index contributed by atoms with van der Waals surface area (Å²) in [7, 11) is 1.37. The van der Waals surface area contributed by atoms with E-state index in [4.69, 9.17) is 4.74 Å². The Morgan fingerprint density at radius 2 is 1.91 bits per heavy atom. The van der Waals surface area contributed by atoms with Gasteiger partial charge in [-0.05, 0) is 25.7 Å². The van der Waals surface area contributed by atoms with Gasteiger partial charge in [-0.3, -0.25) is 0 Å². The summed E-state index contributed by atoms with van der Waals surface area (Å²) in [6.07, 6.45) is 4.85. The van der Waals surface area contributed by atoms with Gasteiger partial charge >= 0.3 is 5.97 Å². The molecule has 22 heavy (non-hydrogen) atoms. The fourth-order valence-electron chi connectivity index (χ4n) is 3.10. The van der Waals surface area contributed by atoms with Crippen molar-refractivity contribution in [3.05, 3.63) is 42.4 Å². The Kier molecular flexibility index (Phi) is 4.24. The van der Waals surface area contributed by atoms with E-state index in [9.17, 15) is 9.90 Å². The first-order valence-electron chi connectivity index (χ1n) is 7.59. The summed E-state index contributed by atoms with van der Waals surface area (Å²) in [6, 6.07) is 10.0. The number of rotatable bonds is 3. The maximum absolute atomic E-state index is 12.0. The monoisotopic (exact) mass is 300 g/mol. The molecular weight excluding hydrogens is 280 g/mol. The maximum Gasteiger partial charge on any atom is 0.358 e. The van der Waals surface area contributed by atoms with Gasteiger partial charge < -0.3 is 14.4 Å². The Bertz CT molecular complexity index is 643. The van der Waals surface area contributed by atoms with Gasteiger partial charge in [0, 0.05) is 11.6 Å². The molecule has 116 valence electrons. The van der Waals surface area contributed by atoms with E-state index in [0.717, 1.165) is 36.9 Å². The highest BCUT2D eigenvalue weighted by Crippen LogP contribution is 2.34. The van der Waals surface area contributed by atoms with Crippen molar-refractivity contribution < 1.29 is 14.6 Å². The number of hydrogen-bond donors (Lipinski definition) is 1. The molecule has 5 nitrogen and oxygen atoms in total. The lowest BCUT2D eigenvalue weighted by atomic mass is 9.92. The minimum Gasteiger partial charge on any atom is -0.464 e. The Balaban J connectivity index is 2.03. The molecule has 1 N–H and O–H groups in total. The summed E-state index contributed by atoms with van der Waals surface area (Å²) >= 11 is 0. The van der Waals surface area contributed by atoms with Crippen LogP contribution in [0.1, 0.15) is 42.2 Å². The predicted molar refractivity (Wildman–Crippen MR) is 82.5 cm³/mol. The third-order valence-electron chi connectivity index (χ3n) is 4.28. The number of hydrogen-bond acceptors (Lipinski definition) is 4. The number of methoxy groups -OCH3 is 1. The third-order valence-corrected chi connectivity index (χ3v) is 4.28. The van der Waals surface area contributed by atoms with Crippen LogP contribution in [0.15, 0.2) is 36.7 Å². The van der Waals surface area contributed by atoms with Crippen LogP contribution in [0.25, 0.3) is 11.3 Å². The van der Waals surface area contributed by atoms with Crippen molar-refractivity contribution in [1.29, 1.82) is 0 Å². The van der Waals surface area contributed by atoms with Crippen LogP contribution in [0.2, 0.25) is 0 Å². The molecule has 0 unspecified atom stereocenters. The normalized spacial score (nSPS) is 21.5. The molecule has 5 heteroatoms. The number of carbonyl (C=O) groups is 1. The van der Waals surface area contributed by atoms with Crippen LogP contribution in [-0.2, 0) is 4.74 Å².